The fourth-order valence-electron chi connectivity index (χ4n) is 5.27. The molecule has 1 fully saturated rings. The molecule has 5 aromatic rings. The van der Waals surface area contributed by atoms with Crippen LogP contribution in [0.25, 0.3) is 43.6 Å². The predicted molar refractivity (Wildman–Crippen MR) is 141 cm³/mol. The molecule has 35 heavy (non-hydrogen) atoms. The first-order chi connectivity index (χ1) is 17.1. The number of carbonyl (C=O) groups is 1. The van der Waals surface area contributed by atoms with E-state index in [4.69, 9.17) is 10.7 Å². The van der Waals surface area contributed by atoms with Crippen molar-refractivity contribution in [1.82, 2.24) is 24.8 Å². The summed E-state index contributed by atoms with van der Waals surface area (Å²) in [5.41, 5.74) is 11.2. The van der Waals surface area contributed by atoms with Crippen molar-refractivity contribution in [2.45, 2.75) is 31.7 Å². The minimum Gasteiger partial charge on any atom is -0.383 e. The van der Waals surface area contributed by atoms with Crippen molar-refractivity contribution in [3.05, 3.63) is 60.4 Å². The minimum atomic E-state index is 0.0846. The molecule has 1 amide bonds. The fraction of sp³-hybridized carbons (Fsp3) is 0.259. The van der Waals surface area contributed by atoms with E-state index in [1.165, 1.54) is 6.33 Å². The second kappa shape index (κ2) is 8.78. The van der Waals surface area contributed by atoms with E-state index in [1.807, 2.05) is 6.07 Å². The molecule has 0 radical (unpaired) electrons. The molecule has 0 unspecified atom stereocenters. The standard InChI is InChI=1S/C27H26N6OS/c1-29-27(34)17-6-9-19(10-7-17)33-14-20(24-25(28)30-15-31-26(24)33)18-5-4-16-8-11-21(32-22(16)13-18)23-3-2-12-35-23/h2-5,8,11-15,17,19H,6-7,9-10H2,1H3,(H,29,34)(H2,28,30,31). The summed E-state index contributed by atoms with van der Waals surface area (Å²) in [7, 11) is 1.71. The lowest BCUT2D eigenvalue weighted by atomic mass is 9.85. The summed E-state index contributed by atoms with van der Waals surface area (Å²) in [6.07, 6.45) is 7.27. The number of amides is 1. The molecule has 1 aromatic carbocycles. The number of pyridine rings is 1. The van der Waals surface area contributed by atoms with Gasteiger partial charge in [0.1, 0.15) is 17.8 Å². The number of hydrogen-bond donors (Lipinski definition) is 2. The Labute approximate surface area is 207 Å². The third-order valence-corrected chi connectivity index (χ3v) is 8.02. The van der Waals surface area contributed by atoms with Crippen molar-refractivity contribution in [3.8, 4) is 21.7 Å². The molecule has 176 valence electrons. The first-order valence-corrected chi connectivity index (χ1v) is 12.8. The van der Waals surface area contributed by atoms with Crippen molar-refractivity contribution in [2.75, 3.05) is 12.8 Å². The number of anilines is 1. The van der Waals surface area contributed by atoms with Crippen LogP contribution in [0.5, 0.6) is 0 Å². The molecule has 6 rings (SSSR count). The lowest BCUT2D eigenvalue weighted by Gasteiger charge is -2.28. The van der Waals surface area contributed by atoms with Gasteiger partial charge in [-0.3, -0.25) is 4.79 Å². The van der Waals surface area contributed by atoms with E-state index in [-0.39, 0.29) is 17.9 Å². The van der Waals surface area contributed by atoms with Crippen molar-refractivity contribution in [3.63, 3.8) is 0 Å². The van der Waals surface area contributed by atoms with Crippen LogP contribution in [0.1, 0.15) is 31.7 Å². The number of fused-ring (bicyclic) bond motifs is 2. The monoisotopic (exact) mass is 482 g/mol. The average Bonchev–Trinajstić information content (AvgIpc) is 3.57. The van der Waals surface area contributed by atoms with E-state index in [0.29, 0.717) is 5.82 Å². The molecule has 4 aromatic heterocycles. The van der Waals surface area contributed by atoms with Gasteiger partial charge in [0, 0.05) is 36.2 Å². The smallest absolute Gasteiger partial charge is 0.222 e. The van der Waals surface area contributed by atoms with Crippen LogP contribution >= 0.6 is 11.3 Å². The Morgan fingerprint density at radius 2 is 1.94 bits per heavy atom. The van der Waals surface area contributed by atoms with E-state index >= 15 is 0 Å². The van der Waals surface area contributed by atoms with Crippen molar-refractivity contribution in [1.29, 1.82) is 0 Å². The Kier molecular flexibility index (Phi) is 5.45. The van der Waals surface area contributed by atoms with Gasteiger partial charge in [-0.2, -0.15) is 0 Å². The fourth-order valence-corrected chi connectivity index (χ4v) is 5.97. The highest BCUT2D eigenvalue weighted by atomic mass is 32.1. The van der Waals surface area contributed by atoms with E-state index < -0.39 is 0 Å². The zero-order valence-corrected chi connectivity index (χ0v) is 20.3. The number of nitrogens with zero attached hydrogens (tertiary/aromatic N) is 4. The number of carbonyl (C=O) groups excluding carboxylic acids is 1. The van der Waals surface area contributed by atoms with Crippen LogP contribution in [-0.4, -0.2) is 32.5 Å². The van der Waals surface area contributed by atoms with Gasteiger partial charge in [-0.25, -0.2) is 15.0 Å². The molecular formula is C27H26N6OS. The van der Waals surface area contributed by atoms with Crippen molar-refractivity contribution >= 4 is 45.0 Å². The molecule has 0 aliphatic heterocycles. The second-order valence-corrected chi connectivity index (χ2v) is 10.1. The van der Waals surface area contributed by atoms with Crippen LogP contribution in [0.15, 0.2) is 60.4 Å². The van der Waals surface area contributed by atoms with Gasteiger partial charge < -0.3 is 15.6 Å². The molecule has 3 N–H and O–H groups in total. The number of nitrogens with one attached hydrogen (secondary N) is 1. The van der Waals surface area contributed by atoms with Gasteiger partial charge in [-0.1, -0.05) is 24.3 Å². The van der Waals surface area contributed by atoms with Crippen molar-refractivity contribution < 1.29 is 4.79 Å². The zero-order chi connectivity index (χ0) is 23.9. The van der Waals surface area contributed by atoms with Crippen LogP contribution in [0.2, 0.25) is 0 Å². The molecule has 1 saturated carbocycles. The van der Waals surface area contributed by atoms with E-state index in [1.54, 1.807) is 18.4 Å². The van der Waals surface area contributed by atoms with Gasteiger partial charge in [0.05, 0.1) is 21.5 Å². The summed E-state index contributed by atoms with van der Waals surface area (Å²) >= 11 is 1.69. The Balaban J connectivity index is 1.42. The molecule has 1 aliphatic carbocycles. The number of nitrogen functional groups attached to an aromatic ring is 1. The quantitative estimate of drug-likeness (QED) is 0.356. The molecule has 0 bridgehead atoms. The van der Waals surface area contributed by atoms with Crippen LogP contribution in [-0.2, 0) is 4.79 Å². The molecule has 0 atom stereocenters. The Bertz CT molecular complexity index is 1530. The number of thiophene rings is 1. The highest BCUT2D eigenvalue weighted by Gasteiger charge is 2.28. The van der Waals surface area contributed by atoms with E-state index in [2.05, 4.69) is 67.8 Å². The minimum absolute atomic E-state index is 0.0846. The summed E-state index contributed by atoms with van der Waals surface area (Å²) < 4.78 is 2.24. The number of nitrogens with two attached hydrogens (primary N) is 1. The summed E-state index contributed by atoms with van der Waals surface area (Å²) in [6.45, 7) is 0. The maximum atomic E-state index is 12.1. The highest BCUT2D eigenvalue weighted by Crippen LogP contribution is 2.40. The Morgan fingerprint density at radius 3 is 2.71 bits per heavy atom. The largest absolute Gasteiger partial charge is 0.383 e. The summed E-state index contributed by atoms with van der Waals surface area (Å²) in [5.74, 6) is 0.697. The van der Waals surface area contributed by atoms with Crippen LogP contribution in [0.3, 0.4) is 0 Å². The summed E-state index contributed by atoms with van der Waals surface area (Å²) in [5, 5.41) is 6.82. The molecule has 8 heteroatoms. The number of aromatic nitrogens is 4. The third kappa shape index (κ3) is 3.83. The lowest BCUT2D eigenvalue weighted by Crippen LogP contribution is -2.31. The average molecular weight is 483 g/mol. The van der Waals surface area contributed by atoms with Crippen LogP contribution < -0.4 is 11.1 Å². The van der Waals surface area contributed by atoms with E-state index in [9.17, 15) is 4.79 Å². The second-order valence-electron chi connectivity index (χ2n) is 9.11. The van der Waals surface area contributed by atoms with Gasteiger partial charge in [-0.15, -0.1) is 11.3 Å². The molecule has 0 spiro atoms. The molecule has 1 aliphatic rings. The van der Waals surface area contributed by atoms with Crippen LogP contribution in [0.4, 0.5) is 5.82 Å². The lowest BCUT2D eigenvalue weighted by molar-refractivity contribution is -0.125. The molecule has 4 heterocycles. The van der Waals surface area contributed by atoms with Gasteiger partial charge in [0.25, 0.3) is 0 Å². The van der Waals surface area contributed by atoms with Gasteiger partial charge in [0.2, 0.25) is 5.91 Å². The predicted octanol–water partition coefficient (Wildman–Crippen LogP) is 5.43. The van der Waals surface area contributed by atoms with Gasteiger partial charge >= 0.3 is 0 Å². The summed E-state index contributed by atoms with van der Waals surface area (Å²) in [6, 6.07) is 14.9. The number of benzene rings is 1. The summed E-state index contributed by atoms with van der Waals surface area (Å²) in [4.78, 5) is 27.1. The van der Waals surface area contributed by atoms with Crippen molar-refractivity contribution in [2.24, 2.45) is 5.92 Å². The highest BCUT2D eigenvalue weighted by molar-refractivity contribution is 7.13. The van der Waals surface area contributed by atoms with E-state index in [0.717, 1.165) is 69.3 Å². The normalized spacial score (nSPS) is 18.2. The maximum absolute atomic E-state index is 12.1. The third-order valence-electron chi connectivity index (χ3n) is 7.12. The molecule has 0 saturated heterocycles. The van der Waals surface area contributed by atoms with Gasteiger partial charge in [-0.05, 0) is 54.8 Å². The first kappa shape index (κ1) is 21.7. The number of rotatable bonds is 4. The first-order valence-electron chi connectivity index (χ1n) is 11.9. The molecule has 7 nitrogen and oxygen atoms in total. The SMILES string of the molecule is CNC(=O)C1CCC(n2cc(-c3ccc4ccc(-c5cccs5)nc4c3)c3c(N)ncnc32)CC1. The molecular weight excluding hydrogens is 456 g/mol. The van der Waals surface area contributed by atoms with Crippen LogP contribution in [0, 0.1) is 5.92 Å². The Hall–Kier alpha value is -3.78. The maximum Gasteiger partial charge on any atom is 0.222 e. The zero-order valence-electron chi connectivity index (χ0n) is 19.4. The Morgan fingerprint density at radius 1 is 1.11 bits per heavy atom. The topological polar surface area (TPSA) is 98.7 Å². The number of hydrogen-bond acceptors (Lipinski definition) is 6. The van der Waals surface area contributed by atoms with Gasteiger partial charge in [0.15, 0.2) is 0 Å².